The van der Waals surface area contributed by atoms with Gasteiger partial charge in [0.1, 0.15) is 0 Å². The van der Waals surface area contributed by atoms with Crippen molar-refractivity contribution < 1.29 is 9.84 Å². The van der Waals surface area contributed by atoms with Crippen LogP contribution < -0.4 is 27.1 Å². The third-order valence-corrected chi connectivity index (χ3v) is 6.63. The van der Waals surface area contributed by atoms with E-state index >= 15 is 0 Å². The van der Waals surface area contributed by atoms with Gasteiger partial charge in [0, 0.05) is 6.08 Å². The number of nitrogens with one attached hydrogen (secondary N) is 2. The second-order valence-electron chi connectivity index (χ2n) is 8.30. The van der Waals surface area contributed by atoms with Crippen LogP contribution in [-0.2, 0) is 0 Å². The van der Waals surface area contributed by atoms with Crippen molar-refractivity contribution in [3.8, 4) is 11.4 Å². The predicted octanol–water partition coefficient (Wildman–Crippen LogP) is 2.54. The summed E-state index contributed by atoms with van der Waals surface area (Å²) in [6.45, 7) is 0. The molecule has 35 heavy (non-hydrogen) atoms. The van der Waals surface area contributed by atoms with Gasteiger partial charge in [0.05, 0.1) is 15.7 Å². The molecule has 2 aliphatic rings. The van der Waals surface area contributed by atoms with Crippen LogP contribution in [0.5, 0.6) is 5.75 Å². The molecule has 0 spiro atoms. The van der Waals surface area contributed by atoms with Gasteiger partial charge >= 0.3 is 5.69 Å². The van der Waals surface area contributed by atoms with Gasteiger partial charge in [-0.15, -0.1) is 10.2 Å². The molecule has 0 amide bonds. The van der Waals surface area contributed by atoms with E-state index in [4.69, 9.17) is 33.7 Å². The van der Waals surface area contributed by atoms with Crippen molar-refractivity contribution in [2.24, 2.45) is 11.0 Å². The van der Waals surface area contributed by atoms with E-state index in [1.165, 1.54) is 17.7 Å². The van der Waals surface area contributed by atoms with Crippen LogP contribution in [0, 0.1) is 5.92 Å². The number of aliphatic hydroxyl groups is 1. The Morgan fingerprint density at radius 1 is 1.09 bits per heavy atom. The van der Waals surface area contributed by atoms with Gasteiger partial charge in [0.15, 0.2) is 12.0 Å². The highest BCUT2D eigenvalue weighted by atomic mass is 35.5. The molecule has 5 N–H and O–H groups in total. The highest BCUT2D eigenvalue weighted by Crippen LogP contribution is 2.46. The molecule has 1 fully saturated rings. The van der Waals surface area contributed by atoms with Crippen LogP contribution in [0.3, 0.4) is 0 Å². The van der Waals surface area contributed by atoms with Gasteiger partial charge in [-0.3, -0.25) is 15.2 Å². The fourth-order valence-corrected chi connectivity index (χ4v) is 4.75. The number of halogens is 2. The normalized spacial score (nSPS) is 21.4. The predicted molar refractivity (Wildman–Crippen MR) is 132 cm³/mol. The topological polar surface area (TPSA) is 148 Å². The maximum atomic E-state index is 12.1. The fourth-order valence-electron chi connectivity index (χ4n) is 4.19. The first-order valence-electron chi connectivity index (χ1n) is 10.7. The Kier molecular flexibility index (Phi) is 6.10. The van der Waals surface area contributed by atoms with Crippen LogP contribution in [0.2, 0.25) is 10.0 Å². The number of benzene rings is 2. The van der Waals surface area contributed by atoms with Gasteiger partial charge in [-0.05, 0) is 47.9 Å². The Bertz CT molecular complexity index is 1440. The van der Waals surface area contributed by atoms with Crippen LogP contribution in [0.15, 0.2) is 68.8 Å². The van der Waals surface area contributed by atoms with Gasteiger partial charge in [-0.25, -0.2) is 4.79 Å². The molecule has 1 saturated carbocycles. The number of aromatic amines is 1. The number of H-pyrrole nitrogens is 1. The molecular weight excluding hydrogens is 495 g/mol. The lowest BCUT2D eigenvalue weighted by atomic mass is 9.67. The van der Waals surface area contributed by atoms with Crippen molar-refractivity contribution >= 4 is 34.9 Å². The summed E-state index contributed by atoms with van der Waals surface area (Å²) in [7, 11) is 0. The zero-order chi connectivity index (χ0) is 24.7. The first kappa shape index (κ1) is 23.2. The lowest BCUT2D eigenvalue weighted by molar-refractivity contribution is 0.139. The number of aromatic nitrogens is 3. The number of hydrogen-bond donors (Lipinski definition) is 4. The number of hydrogen-bond acceptors (Lipinski definition) is 8. The molecule has 3 aromatic rings. The molecule has 1 aliphatic heterocycles. The monoisotopic (exact) mass is 514 g/mol. The molecule has 2 aromatic carbocycles. The summed E-state index contributed by atoms with van der Waals surface area (Å²) in [5.41, 5.74) is 8.80. The van der Waals surface area contributed by atoms with E-state index in [9.17, 15) is 14.7 Å². The highest BCUT2D eigenvalue weighted by Gasteiger charge is 2.36. The lowest BCUT2D eigenvalue weighted by Crippen LogP contribution is -2.39. The second kappa shape index (κ2) is 9.21. The number of hydrazone groups is 1. The lowest BCUT2D eigenvalue weighted by Gasteiger charge is -2.39. The van der Waals surface area contributed by atoms with Gasteiger partial charge in [-0.2, -0.15) is 4.68 Å². The molecule has 1 atom stereocenters. The van der Waals surface area contributed by atoms with Crippen molar-refractivity contribution in [1.29, 1.82) is 0 Å². The number of rotatable bonds is 4. The zero-order valence-corrected chi connectivity index (χ0v) is 19.6. The summed E-state index contributed by atoms with van der Waals surface area (Å²) in [4.78, 5) is 25.6. The second-order valence-corrected chi connectivity index (χ2v) is 9.11. The van der Waals surface area contributed by atoms with Crippen LogP contribution in [0.1, 0.15) is 24.3 Å². The largest absolute Gasteiger partial charge is 0.434 e. The first-order valence-corrected chi connectivity index (χ1v) is 11.5. The Morgan fingerprint density at radius 2 is 1.77 bits per heavy atom. The summed E-state index contributed by atoms with van der Waals surface area (Å²) in [6, 6.07) is 13.0. The fraction of sp³-hybridized carbons (Fsp3) is 0.217. The van der Waals surface area contributed by atoms with Crippen molar-refractivity contribution in [2.75, 3.05) is 5.73 Å². The van der Waals surface area contributed by atoms with Gasteiger partial charge < -0.3 is 15.6 Å². The van der Waals surface area contributed by atoms with Gasteiger partial charge in [-0.1, -0.05) is 53.5 Å². The van der Waals surface area contributed by atoms with Crippen molar-refractivity contribution in [3.05, 3.63) is 90.6 Å². The number of nitrogen functional groups attached to an aromatic ring is 1. The van der Waals surface area contributed by atoms with Gasteiger partial charge in [0.2, 0.25) is 11.7 Å². The summed E-state index contributed by atoms with van der Waals surface area (Å²) in [6.07, 6.45) is 2.58. The van der Waals surface area contributed by atoms with E-state index in [0.29, 0.717) is 5.92 Å². The minimum Gasteiger partial charge on any atom is -0.434 e. The maximum Gasteiger partial charge on any atom is 0.349 e. The molecule has 1 aromatic heterocycles. The standard InChI is InChI=1S/C23H20Cl2N6O4/c24-16-8-14(31-23(34)27-22(33)20(26)30-31)9-17(25)19(16)35-18-10-15(21(32)29-28-18)13-6-12(7-13)11-4-2-1-3-5-11/h1-5,8-10,12-13,21,29,32H,6-7H2,(H2,26,30)(H,27,33,34). The number of ether oxygens (including phenoxy) is 1. The van der Waals surface area contributed by atoms with E-state index in [1.807, 2.05) is 18.2 Å². The quantitative estimate of drug-likeness (QED) is 0.418. The molecule has 180 valence electrons. The van der Waals surface area contributed by atoms with E-state index in [0.717, 1.165) is 23.1 Å². The molecule has 12 heteroatoms. The van der Waals surface area contributed by atoms with Gasteiger partial charge in [0.25, 0.3) is 5.56 Å². The average molecular weight is 515 g/mol. The zero-order valence-electron chi connectivity index (χ0n) is 18.1. The number of nitrogens with zero attached hydrogens (tertiary/aromatic N) is 3. The van der Waals surface area contributed by atoms with E-state index < -0.39 is 17.5 Å². The number of aliphatic hydroxyl groups excluding tert-OH is 1. The van der Waals surface area contributed by atoms with Crippen LogP contribution in [-0.4, -0.2) is 32.0 Å². The van der Waals surface area contributed by atoms with Crippen LogP contribution in [0.4, 0.5) is 5.82 Å². The third-order valence-electron chi connectivity index (χ3n) is 6.07. The summed E-state index contributed by atoms with van der Waals surface area (Å²) in [5, 5.41) is 18.4. The van der Waals surface area contributed by atoms with Crippen LogP contribution in [0.25, 0.3) is 5.69 Å². The van der Waals surface area contributed by atoms with E-state index in [2.05, 4.69) is 32.7 Å². The molecule has 0 saturated heterocycles. The molecule has 0 radical (unpaired) electrons. The Balaban J connectivity index is 1.35. The summed E-state index contributed by atoms with van der Waals surface area (Å²) >= 11 is 12.8. The summed E-state index contributed by atoms with van der Waals surface area (Å²) < 4.78 is 6.70. The summed E-state index contributed by atoms with van der Waals surface area (Å²) in [5.74, 6) is 0.502. The van der Waals surface area contributed by atoms with Crippen molar-refractivity contribution in [1.82, 2.24) is 20.2 Å². The van der Waals surface area contributed by atoms with E-state index in [1.54, 1.807) is 6.08 Å². The maximum absolute atomic E-state index is 12.1. The molecule has 2 heterocycles. The smallest absolute Gasteiger partial charge is 0.349 e. The third kappa shape index (κ3) is 4.55. The highest BCUT2D eigenvalue weighted by molar-refractivity contribution is 6.37. The minimum absolute atomic E-state index is 0.0718. The SMILES string of the molecule is Nc1nn(-c2cc(Cl)c(OC3=NNC(O)C(C4CC(c5ccccc5)C4)=C3)c(Cl)c2)c(=O)[nH]c1=O. The molecule has 0 bridgehead atoms. The van der Waals surface area contributed by atoms with Crippen molar-refractivity contribution in [3.63, 3.8) is 0 Å². The molecule has 10 nitrogen and oxygen atoms in total. The van der Waals surface area contributed by atoms with Crippen LogP contribution >= 0.6 is 23.2 Å². The number of anilines is 1. The van der Waals surface area contributed by atoms with E-state index in [-0.39, 0.29) is 39.1 Å². The van der Waals surface area contributed by atoms with Crippen molar-refractivity contribution in [2.45, 2.75) is 25.0 Å². The minimum atomic E-state index is -0.916. The molecule has 5 rings (SSSR count). The Morgan fingerprint density at radius 3 is 2.46 bits per heavy atom. The Hall–Kier alpha value is -3.60. The molecule has 1 aliphatic carbocycles. The number of nitrogens with two attached hydrogens (primary N) is 1. The molecular formula is C23H20Cl2N6O4. The Labute approximate surface area is 208 Å². The average Bonchev–Trinajstić information content (AvgIpc) is 2.80. The molecule has 1 unspecified atom stereocenters. The first-order chi connectivity index (χ1) is 16.8.